The maximum atomic E-state index is 13.3. The van der Waals surface area contributed by atoms with Gasteiger partial charge in [-0.2, -0.15) is 0 Å². The molecule has 1 heterocycles. The van der Waals surface area contributed by atoms with Crippen molar-refractivity contribution in [1.82, 2.24) is 15.6 Å². The molecule has 4 nitrogen and oxygen atoms in total. The monoisotopic (exact) mass is 476 g/mol. The molecule has 1 aromatic carbocycles. The summed E-state index contributed by atoms with van der Waals surface area (Å²) in [4.78, 5) is 8.87. The first-order chi connectivity index (χ1) is 11.3. The van der Waals surface area contributed by atoms with Crippen molar-refractivity contribution in [1.29, 1.82) is 0 Å². The smallest absolute Gasteiger partial charge is 0.191 e. The molecule has 0 unspecified atom stereocenters. The number of nitrogens with one attached hydrogen (secondary N) is 2. The fraction of sp³-hybridized carbons (Fsp3) is 0.444. The first-order valence-corrected chi connectivity index (χ1v) is 8.82. The average Bonchev–Trinajstić information content (AvgIpc) is 3.00. The lowest BCUT2D eigenvalue weighted by Crippen LogP contribution is -2.36. The van der Waals surface area contributed by atoms with Crippen LogP contribution in [-0.2, 0) is 18.5 Å². The van der Waals surface area contributed by atoms with Crippen LogP contribution in [-0.4, -0.2) is 18.0 Å². The van der Waals surface area contributed by atoms with E-state index in [1.807, 2.05) is 6.07 Å². The van der Waals surface area contributed by atoms with E-state index in [-0.39, 0.29) is 35.2 Å². The lowest BCUT2D eigenvalue weighted by Gasteiger charge is -2.14. The molecule has 0 saturated carbocycles. The highest BCUT2D eigenvalue weighted by atomic mass is 127. The molecule has 2 N–H and O–H groups in total. The number of hydrogen-bond donors (Lipinski definition) is 2. The Kier molecular flexibility index (Phi) is 8.27. The highest BCUT2D eigenvalue weighted by Gasteiger charge is 2.17. The van der Waals surface area contributed by atoms with Crippen molar-refractivity contribution in [3.05, 3.63) is 51.2 Å². The fourth-order valence-electron chi connectivity index (χ4n) is 2.13. The summed E-state index contributed by atoms with van der Waals surface area (Å²) in [6.45, 7) is 9.46. The van der Waals surface area contributed by atoms with E-state index >= 15 is 0 Å². The Bertz CT molecular complexity index is 722. The van der Waals surface area contributed by atoms with E-state index in [9.17, 15) is 4.39 Å². The molecular weight excluding hydrogens is 450 g/mol. The summed E-state index contributed by atoms with van der Waals surface area (Å²) in [6, 6.07) is 5.11. The molecule has 0 aliphatic carbocycles. The van der Waals surface area contributed by atoms with Gasteiger partial charge in [-0.05, 0) is 24.1 Å². The molecule has 2 rings (SSSR count). The maximum Gasteiger partial charge on any atom is 0.191 e. The molecule has 0 fully saturated rings. The number of aliphatic imine (C=N–C) groups is 1. The van der Waals surface area contributed by atoms with E-state index in [4.69, 9.17) is 0 Å². The van der Waals surface area contributed by atoms with Crippen molar-refractivity contribution in [2.24, 2.45) is 4.99 Å². The van der Waals surface area contributed by atoms with Crippen molar-refractivity contribution in [2.45, 2.75) is 46.2 Å². The largest absolute Gasteiger partial charge is 0.352 e. The van der Waals surface area contributed by atoms with Crippen molar-refractivity contribution < 1.29 is 4.39 Å². The molecule has 0 amide bonds. The summed E-state index contributed by atoms with van der Waals surface area (Å²) in [6.07, 6.45) is 0. The van der Waals surface area contributed by atoms with Crippen LogP contribution in [0.3, 0.4) is 0 Å². The topological polar surface area (TPSA) is 49.3 Å². The van der Waals surface area contributed by atoms with Crippen molar-refractivity contribution >= 4 is 41.3 Å². The zero-order chi connectivity index (χ0) is 17.7. The van der Waals surface area contributed by atoms with Crippen LogP contribution < -0.4 is 10.6 Å². The second-order valence-electron chi connectivity index (χ2n) is 6.76. The molecule has 0 aliphatic heterocycles. The Labute approximate surface area is 170 Å². The summed E-state index contributed by atoms with van der Waals surface area (Å²) >= 11 is 1.68. The third-order valence-corrected chi connectivity index (χ3v) is 4.85. The Hall–Kier alpha value is -1.22. The normalized spacial score (nSPS) is 11.8. The minimum Gasteiger partial charge on any atom is -0.352 e. The highest BCUT2D eigenvalue weighted by molar-refractivity contribution is 14.0. The summed E-state index contributed by atoms with van der Waals surface area (Å²) in [7, 11) is 1.73. The van der Waals surface area contributed by atoms with Gasteiger partial charge in [-0.3, -0.25) is 4.99 Å². The van der Waals surface area contributed by atoms with Gasteiger partial charge in [0.25, 0.3) is 0 Å². The number of hydrogen-bond acceptors (Lipinski definition) is 3. The second kappa shape index (κ2) is 9.47. The van der Waals surface area contributed by atoms with Crippen LogP contribution in [0.1, 0.15) is 42.6 Å². The summed E-state index contributed by atoms with van der Waals surface area (Å²) in [5.41, 5.74) is 2.74. The molecule has 138 valence electrons. The second-order valence-corrected chi connectivity index (χ2v) is 7.61. The maximum absolute atomic E-state index is 13.3. The van der Waals surface area contributed by atoms with Crippen LogP contribution >= 0.6 is 35.3 Å². The highest BCUT2D eigenvalue weighted by Crippen LogP contribution is 2.25. The van der Waals surface area contributed by atoms with E-state index in [1.165, 1.54) is 6.07 Å². The van der Waals surface area contributed by atoms with Crippen LogP contribution in [0, 0.1) is 12.7 Å². The van der Waals surface area contributed by atoms with Crippen molar-refractivity contribution in [3.63, 3.8) is 0 Å². The third kappa shape index (κ3) is 6.54. The van der Waals surface area contributed by atoms with E-state index in [1.54, 1.807) is 31.4 Å². The van der Waals surface area contributed by atoms with Gasteiger partial charge in [0.15, 0.2) is 5.96 Å². The van der Waals surface area contributed by atoms with Gasteiger partial charge in [-0.1, -0.05) is 32.9 Å². The van der Waals surface area contributed by atoms with Gasteiger partial charge in [0.2, 0.25) is 0 Å². The first-order valence-electron chi connectivity index (χ1n) is 7.94. The van der Waals surface area contributed by atoms with Gasteiger partial charge in [0.1, 0.15) is 5.82 Å². The van der Waals surface area contributed by atoms with E-state index in [2.05, 4.69) is 46.8 Å². The van der Waals surface area contributed by atoms with Gasteiger partial charge in [0, 0.05) is 24.4 Å². The summed E-state index contributed by atoms with van der Waals surface area (Å²) < 4.78 is 13.3. The number of nitrogens with zero attached hydrogens (tertiary/aromatic N) is 2. The minimum atomic E-state index is -0.181. The number of aromatic nitrogens is 1. The number of aryl methyl sites for hydroxylation is 1. The van der Waals surface area contributed by atoms with Crippen LogP contribution in [0.4, 0.5) is 4.39 Å². The first kappa shape index (κ1) is 21.8. The van der Waals surface area contributed by atoms with Gasteiger partial charge in [-0.25, -0.2) is 9.37 Å². The molecule has 25 heavy (non-hydrogen) atoms. The molecule has 2 aromatic rings. The Balaban J connectivity index is 0.00000312. The summed E-state index contributed by atoms with van der Waals surface area (Å²) in [5.74, 6) is 0.515. The van der Waals surface area contributed by atoms with Gasteiger partial charge in [-0.15, -0.1) is 35.3 Å². The lowest BCUT2D eigenvalue weighted by atomic mass is 9.98. The Morgan fingerprint density at radius 3 is 2.48 bits per heavy atom. The SMILES string of the molecule is CN=C(NCc1ccc(F)c(C)c1)NCc1csc(C(C)(C)C)n1.I. The van der Waals surface area contributed by atoms with E-state index in [0.29, 0.717) is 24.6 Å². The molecule has 0 aliphatic rings. The lowest BCUT2D eigenvalue weighted by molar-refractivity contribution is 0.582. The number of rotatable bonds is 4. The number of halogens is 2. The predicted molar refractivity (Wildman–Crippen MR) is 114 cm³/mol. The van der Waals surface area contributed by atoms with E-state index in [0.717, 1.165) is 16.3 Å². The van der Waals surface area contributed by atoms with Crippen molar-refractivity contribution in [2.75, 3.05) is 7.05 Å². The van der Waals surface area contributed by atoms with Crippen LogP contribution in [0.2, 0.25) is 0 Å². The van der Waals surface area contributed by atoms with E-state index < -0.39 is 0 Å². The third-order valence-electron chi connectivity index (χ3n) is 3.54. The van der Waals surface area contributed by atoms with Gasteiger partial charge in [0.05, 0.1) is 17.2 Å². The van der Waals surface area contributed by atoms with Crippen molar-refractivity contribution in [3.8, 4) is 0 Å². The molecular formula is C18H26FIN4S. The molecule has 1 aromatic heterocycles. The van der Waals surface area contributed by atoms with Gasteiger partial charge < -0.3 is 10.6 Å². The zero-order valence-corrected chi connectivity index (χ0v) is 18.5. The molecule has 0 spiro atoms. The molecule has 0 bridgehead atoms. The molecule has 7 heteroatoms. The Morgan fingerprint density at radius 1 is 1.24 bits per heavy atom. The number of thiazole rings is 1. The predicted octanol–water partition coefficient (Wildman–Crippen LogP) is 4.37. The van der Waals surface area contributed by atoms with Crippen LogP contribution in [0.15, 0.2) is 28.6 Å². The summed E-state index contributed by atoms with van der Waals surface area (Å²) in [5, 5.41) is 9.69. The Morgan fingerprint density at radius 2 is 1.92 bits per heavy atom. The molecule has 0 atom stereocenters. The fourth-order valence-corrected chi connectivity index (χ4v) is 3.04. The standard InChI is InChI=1S/C18H25FN4S.HI/c1-12-8-13(6-7-15(12)19)9-21-17(20-5)22-10-14-11-24-16(23-14)18(2,3)4;/h6-8,11H,9-10H2,1-5H3,(H2,20,21,22);1H. The zero-order valence-electron chi connectivity index (χ0n) is 15.3. The quantitative estimate of drug-likeness (QED) is 0.392. The van der Waals surface area contributed by atoms with Crippen LogP contribution in [0.5, 0.6) is 0 Å². The number of benzene rings is 1. The number of guanidine groups is 1. The minimum absolute atomic E-state index is 0. The van der Waals surface area contributed by atoms with Gasteiger partial charge >= 0.3 is 0 Å². The molecule has 0 saturated heterocycles. The molecule has 0 radical (unpaired) electrons. The van der Waals surface area contributed by atoms with Crippen LogP contribution in [0.25, 0.3) is 0 Å². The average molecular weight is 476 g/mol.